The molecule has 0 saturated carbocycles. The molecule has 2 heterocycles. The predicted molar refractivity (Wildman–Crippen MR) is 217 cm³/mol. The smallest absolute Gasteiger partial charge is 0.164 e. The maximum absolute atomic E-state index is 6.91. The van der Waals surface area contributed by atoms with E-state index in [-0.39, 0.29) is 0 Å². The highest BCUT2D eigenvalue weighted by Crippen LogP contribution is 2.42. The van der Waals surface area contributed by atoms with E-state index in [4.69, 9.17) is 19.4 Å². The molecule has 0 fully saturated rings. The molecule has 0 aliphatic heterocycles. The van der Waals surface area contributed by atoms with E-state index in [1.165, 1.54) is 16.7 Å². The van der Waals surface area contributed by atoms with Crippen LogP contribution in [0.3, 0.4) is 0 Å². The lowest BCUT2D eigenvalue weighted by molar-refractivity contribution is 0.674. The van der Waals surface area contributed by atoms with Crippen LogP contribution in [0.25, 0.3) is 100 Å². The molecule has 0 spiro atoms. The van der Waals surface area contributed by atoms with Crippen LogP contribution >= 0.6 is 0 Å². The molecule has 0 unspecified atom stereocenters. The van der Waals surface area contributed by atoms with Crippen LogP contribution in [-0.2, 0) is 0 Å². The third-order valence-corrected chi connectivity index (χ3v) is 9.96. The van der Waals surface area contributed by atoms with Crippen LogP contribution < -0.4 is 0 Å². The van der Waals surface area contributed by atoms with Crippen molar-refractivity contribution in [1.29, 1.82) is 0 Å². The molecule has 0 aliphatic carbocycles. The Labute approximate surface area is 306 Å². The molecule has 0 radical (unpaired) electrons. The Morgan fingerprint density at radius 2 is 0.755 bits per heavy atom. The molecular formula is C49H31N3O. The van der Waals surface area contributed by atoms with Gasteiger partial charge in [-0.2, -0.15) is 0 Å². The van der Waals surface area contributed by atoms with Gasteiger partial charge in [0.15, 0.2) is 17.5 Å². The van der Waals surface area contributed by atoms with Crippen LogP contribution in [-0.4, -0.2) is 15.0 Å². The third kappa shape index (κ3) is 5.54. The fourth-order valence-electron chi connectivity index (χ4n) is 7.31. The van der Waals surface area contributed by atoms with Gasteiger partial charge < -0.3 is 4.42 Å². The Kier molecular flexibility index (Phi) is 7.43. The summed E-state index contributed by atoms with van der Waals surface area (Å²) in [7, 11) is 0. The average molecular weight is 678 g/mol. The van der Waals surface area contributed by atoms with Crippen molar-refractivity contribution in [2.45, 2.75) is 0 Å². The fourth-order valence-corrected chi connectivity index (χ4v) is 7.31. The van der Waals surface area contributed by atoms with Gasteiger partial charge in [-0.25, -0.2) is 15.0 Å². The lowest BCUT2D eigenvalue weighted by atomic mass is 9.93. The summed E-state index contributed by atoms with van der Waals surface area (Å²) in [5, 5.41) is 4.25. The van der Waals surface area contributed by atoms with Gasteiger partial charge >= 0.3 is 0 Å². The minimum absolute atomic E-state index is 0.605. The number of hydrogen-bond donors (Lipinski definition) is 0. The van der Waals surface area contributed by atoms with Crippen LogP contribution in [0.4, 0.5) is 0 Å². The molecule has 0 N–H and O–H groups in total. The normalized spacial score (nSPS) is 11.4. The summed E-state index contributed by atoms with van der Waals surface area (Å²) in [6.07, 6.45) is 0. The second kappa shape index (κ2) is 12.9. The first-order chi connectivity index (χ1) is 26.3. The maximum atomic E-state index is 6.91. The van der Waals surface area contributed by atoms with Crippen molar-refractivity contribution in [3.8, 4) is 67.5 Å². The Morgan fingerprint density at radius 1 is 0.283 bits per heavy atom. The van der Waals surface area contributed by atoms with Gasteiger partial charge in [0, 0.05) is 38.4 Å². The SMILES string of the molecule is c1ccc(-c2ccc(-c3nc(-c4ccccc4)nc(-c4ccc5ccc6c7cccc(-c8ccccc8-c8ccccc8)c7oc6c5c4)n3)cc2)cc1. The van der Waals surface area contributed by atoms with E-state index >= 15 is 0 Å². The predicted octanol–water partition coefficient (Wildman–Crippen LogP) is 12.9. The minimum Gasteiger partial charge on any atom is -0.455 e. The molecule has 0 aliphatic rings. The number of hydrogen-bond acceptors (Lipinski definition) is 4. The van der Waals surface area contributed by atoms with E-state index in [0.717, 1.165) is 66.1 Å². The molecule has 10 aromatic rings. The van der Waals surface area contributed by atoms with Crippen molar-refractivity contribution >= 4 is 32.7 Å². The van der Waals surface area contributed by atoms with Crippen LogP contribution in [0.2, 0.25) is 0 Å². The monoisotopic (exact) mass is 677 g/mol. The van der Waals surface area contributed by atoms with E-state index in [2.05, 4.69) is 152 Å². The lowest BCUT2D eigenvalue weighted by Gasteiger charge is -2.10. The average Bonchev–Trinajstić information content (AvgIpc) is 3.64. The summed E-state index contributed by atoms with van der Waals surface area (Å²) >= 11 is 0. The van der Waals surface area contributed by atoms with Gasteiger partial charge in [-0.05, 0) is 45.3 Å². The third-order valence-electron chi connectivity index (χ3n) is 9.96. The topological polar surface area (TPSA) is 51.8 Å². The van der Waals surface area contributed by atoms with Crippen LogP contribution in [0.1, 0.15) is 0 Å². The summed E-state index contributed by atoms with van der Waals surface area (Å²) in [6.45, 7) is 0. The number of para-hydroxylation sites is 1. The first-order valence-electron chi connectivity index (χ1n) is 17.8. The Balaban J connectivity index is 1.13. The molecule has 53 heavy (non-hydrogen) atoms. The second-order valence-electron chi connectivity index (χ2n) is 13.2. The van der Waals surface area contributed by atoms with Gasteiger partial charge in [0.1, 0.15) is 11.2 Å². The highest BCUT2D eigenvalue weighted by Gasteiger charge is 2.18. The molecule has 10 rings (SSSR count). The van der Waals surface area contributed by atoms with Crippen LogP contribution in [0, 0.1) is 0 Å². The summed E-state index contributed by atoms with van der Waals surface area (Å²) in [4.78, 5) is 15.1. The van der Waals surface area contributed by atoms with Crippen molar-refractivity contribution in [1.82, 2.24) is 15.0 Å². The summed E-state index contributed by atoms with van der Waals surface area (Å²) in [5.41, 5.74) is 11.3. The van der Waals surface area contributed by atoms with Gasteiger partial charge in [-0.3, -0.25) is 0 Å². The zero-order valence-electron chi connectivity index (χ0n) is 28.6. The summed E-state index contributed by atoms with van der Waals surface area (Å²) in [6, 6.07) is 65.1. The second-order valence-corrected chi connectivity index (χ2v) is 13.2. The first kappa shape index (κ1) is 30.6. The van der Waals surface area contributed by atoms with Gasteiger partial charge in [-0.1, -0.05) is 176 Å². The van der Waals surface area contributed by atoms with Gasteiger partial charge in [0.2, 0.25) is 0 Å². The fraction of sp³-hybridized carbons (Fsp3) is 0. The Morgan fingerprint density at radius 3 is 1.45 bits per heavy atom. The highest BCUT2D eigenvalue weighted by atomic mass is 16.3. The number of fused-ring (bicyclic) bond motifs is 5. The van der Waals surface area contributed by atoms with Gasteiger partial charge in [0.05, 0.1) is 0 Å². The van der Waals surface area contributed by atoms with E-state index in [1.54, 1.807) is 0 Å². The van der Waals surface area contributed by atoms with E-state index in [0.29, 0.717) is 17.5 Å². The van der Waals surface area contributed by atoms with E-state index in [9.17, 15) is 0 Å². The molecule has 248 valence electrons. The minimum atomic E-state index is 0.605. The number of benzene rings is 8. The largest absolute Gasteiger partial charge is 0.455 e. The number of nitrogens with zero attached hydrogens (tertiary/aromatic N) is 3. The van der Waals surface area contributed by atoms with E-state index in [1.807, 2.05) is 36.4 Å². The molecule has 0 atom stereocenters. The lowest BCUT2D eigenvalue weighted by Crippen LogP contribution is -2.00. The first-order valence-corrected chi connectivity index (χ1v) is 17.8. The Bertz CT molecular complexity index is 2920. The summed E-state index contributed by atoms with van der Waals surface area (Å²) in [5.74, 6) is 1.85. The molecule has 0 amide bonds. The Hall–Kier alpha value is -7.17. The van der Waals surface area contributed by atoms with E-state index < -0.39 is 0 Å². The standard InChI is InChI=1S/C49H31N3O/c1-4-13-32(14-5-1)33-23-26-37(27-24-33)48-50-47(36-17-8-3-9-18-36)51-49(52-48)38-28-25-35-29-30-43-42-22-12-21-41(45(42)53-46(43)44(35)31-38)40-20-11-10-19-39(40)34-15-6-2-7-16-34/h1-31H. The van der Waals surface area contributed by atoms with Crippen molar-refractivity contribution in [2.75, 3.05) is 0 Å². The van der Waals surface area contributed by atoms with Crippen molar-refractivity contribution in [3.63, 3.8) is 0 Å². The molecule has 0 saturated heterocycles. The zero-order valence-corrected chi connectivity index (χ0v) is 28.6. The molecule has 4 heteroatoms. The number of aromatic nitrogens is 3. The van der Waals surface area contributed by atoms with Crippen LogP contribution in [0.15, 0.2) is 192 Å². The summed E-state index contributed by atoms with van der Waals surface area (Å²) < 4.78 is 6.91. The molecule has 2 aromatic heterocycles. The number of furan rings is 1. The van der Waals surface area contributed by atoms with Gasteiger partial charge in [0.25, 0.3) is 0 Å². The van der Waals surface area contributed by atoms with Crippen molar-refractivity contribution in [2.24, 2.45) is 0 Å². The molecule has 0 bridgehead atoms. The number of rotatable bonds is 6. The van der Waals surface area contributed by atoms with Crippen molar-refractivity contribution in [3.05, 3.63) is 188 Å². The van der Waals surface area contributed by atoms with Crippen LogP contribution in [0.5, 0.6) is 0 Å². The zero-order chi connectivity index (χ0) is 35.1. The molecule has 8 aromatic carbocycles. The van der Waals surface area contributed by atoms with Crippen molar-refractivity contribution < 1.29 is 4.42 Å². The highest BCUT2D eigenvalue weighted by molar-refractivity contribution is 6.18. The van der Waals surface area contributed by atoms with Gasteiger partial charge in [-0.15, -0.1) is 0 Å². The maximum Gasteiger partial charge on any atom is 0.164 e. The quantitative estimate of drug-likeness (QED) is 0.176. The molecule has 4 nitrogen and oxygen atoms in total. The molecular weight excluding hydrogens is 647 g/mol.